The molecule has 1 aliphatic carbocycles. The quantitative estimate of drug-likeness (QED) is 0.408. The molecule has 0 bridgehead atoms. The fraction of sp³-hybridized carbons (Fsp3) is 0.231. The van der Waals surface area contributed by atoms with E-state index < -0.39 is 5.78 Å². The number of benzene rings is 1. The maximum atomic E-state index is 12.5. The molecule has 0 unspecified atom stereocenters. The molecule has 1 aromatic carbocycles. The van der Waals surface area contributed by atoms with Crippen molar-refractivity contribution >= 4 is 23.2 Å². The van der Waals surface area contributed by atoms with Crippen LogP contribution in [0.15, 0.2) is 24.3 Å². The first kappa shape index (κ1) is 12.8. The Bertz CT molecular complexity index is 724. The number of hydrogen-bond acceptors (Lipinski definition) is 4. The number of ketones is 2. The molecule has 2 aromatic rings. The van der Waals surface area contributed by atoms with Gasteiger partial charge in [0.1, 0.15) is 0 Å². The molecule has 0 saturated heterocycles. The van der Waals surface area contributed by atoms with Gasteiger partial charge in [-0.1, -0.05) is 24.3 Å². The molecule has 3 rings (SSSR count). The lowest BCUT2D eigenvalue weighted by atomic mass is 9.90. The monoisotopic (exact) mass is 291 g/mol. The summed E-state index contributed by atoms with van der Waals surface area (Å²) in [6.45, 7) is 0.247. The van der Waals surface area contributed by atoms with E-state index in [2.05, 4.69) is 5.10 Å². The van der Waals surface area contributed by atoms with Gasteiger partial charge >= 0.3 is 0 Å². The minimum absolute atomic E-state index is 0.0498. The maximum Gasteiger partial charge on any atom is 0.220 e. The molecule has 0 amide bonds. The van der Waals surface area contributed by atoms with Crippen LogP contribution < -0.4 is 4.96 Å². The summed E-state index contributed by atoms with van der Waals surface area (Å²) in [5, 5.41) is 15.4. The van der Waals surface area contributed by atoms with Crippen molar-refractivity contribution < 1.29 is 14.5 Å². The molecule has 0 fully saturated rings. The molecule has 0 N–H and O–H groups in total. The van der Waals surface area contributed by atoms with Crippen molar-refractivity contribution in [1.29, 1.82) is 0 Å². The molecule has 0 spiro atoms. The second-order valence-corrected chi connectivity index (χ2v) is 4.80. The Morgan fingerprint density at radius 2 is 1.85 bits per heavy atom. The molecule has 0 radical (unpaired) electrons. The zero-order chi connectivity index (χ0) is 14.3. The van der Waals surface area contributed by atoms with Gasteiger partial charge in [-0.2, -0.15) is 0 Å². The highest BCUT2D eigenvalue weighted by Gasteiger charge is 2.38. The van der Waals surface area contributed by atoms with Crippen LogP contribution in [0.5, 0.6) is 0 Å². The van der Waals surface area contributed by atoms with E-state index in [0.29, 0.717) is 22.8 Å². The van der Waals surface area contributed by atoms with E-state index >= 15 is 0 Å². The van der Waals surface area contributed by atoms with Crippen molar-refractivity contribution in [2.75, 3.05) is 5.88 Å². The van der Waals surface area contributed by atoms with E-state index in [1.54, 1.807) is 24.3 Å². The zero-order valence-corrected chi connectivity index (χ0v) is 11.1. The van der Waals surface area contributed by atoms with Crippen LogP contribution in [0.25, 0.3) is 0 Å². The van der Waals surface area contributed by atoms with Gasteiger partial charge in [-0.25, -0.2) is 0 Å². The smallest absolute Gasteiger partial charge is 0.220 e. The number of aromatic nitrogens is 3. The number of rotatable bonds is 3. The molecule has 6 nitrogen and oxygen atoms in total. The van der Waals surface area contributed by atoms with E-state index in [9.17, 15) is 14.8 Å². The normalized spacial score (nSPS) is 13.2. The van der Waals surface area contributed by atoms with E-state index in [1.807, 2.05) is 0 Å². The molecule has 102 valence electrons. The lowest BCUT2D eigenvalue weighted by molar-refractivity contribution is -0.749. The SMILES string of the molecule is O=C1c2ccccc2C(=O)c2c1n[n+]([O-])n2CCCCl. The topological polar surface area (TPSA) is 78.9 Å². The van der Waals surface area contributed by atoms with Crippen molar-refractivity contribution in [2.45, 2.75) is 13.0 Å². The van der Waals surface area contributed by atoms with Crippen LogP contribution in [0.2, 0.25) is 0 Å². The Kier molecular flexibility index (Phi) is 3.02. The fourth-order valence-corrected chi connectivity index (χ4v) is 2.43. The number of halogens is 1. The van der Waals surface area contributed by atoms with Gasteiger partial charge in [0.15, 0.2) is 5.69 Å². The lowest BCUT2D eigenvalue weighted by Crippen LogP contribution is -2.41. The summed E-state index contributed by atoms with van der Waals surface area (Å²) >= 11 is 5.60. The molecule has 1 heterocycles. The number of carbonyl (C=O) groups excluding carboxylic acids is 2. The highest BCUT2D eigenvalue weighted by atomic mass is 35.5. The molecule has 0 saturated carbocycles. The van der Waals surface area contributed by atoms with Crippen LogP contribution in [-0.2, 0) is 6.54 Å². The molecule has 1 aliphatic rings. The summed E-state index contributed by atoms with van der Waals surface area (Å²) in [5.41, 5.74) is 0.553. The van der Waals surface area contributed by atoms with E-state index in [4.69, 9.17) is 11.6 Å². The average molecular weight is 292 g/mol. The third-order valence-corrected chi connectivity index (χ3v) is 3.49. The third kappa shape index (κ3) is 1.72. The molecule has 1 aromatic heterocycles. The Morgan fingerprint density at radius 1 is 1.20 bits per heavy atom. The van der Waals surface area contributed by atoms with Gasteiger partial charge in [0, 0.05) is 27.1 Å². The standard InChI is InChI=1S/C13H10ClN3O3/c14-6-3-7-16-11-10(15-17(16)20)12(18)8-4-1-2-5-9(8)13(11)19/h1-2,4-5H,3,6-7H2. The fourth-order valence-electron chi connectivity index (χ4n) is 2.31. The van der Waals surface area contributed by atoms with Gasteiger partial charge in [0.2, 0.25) is 17.3 Å². The lowest BCUT2D eigenvalue weighted by Gasteiger charge is -2.12. The number of carbonyl (C=O) groups is 2. The minimum atomic E-state index is -0.399. The van der Waals surface area contributed by atoms with Crippen LogP contribution in [-0.4, -0.2) is 27.2 Å². The summed E-state index contributed by atoms with van der Waals surface area (Å²) in [7, 11) is 0. The Balaban J connectivity index is 2.18. The van der Waals surface area contributed by atoms with Crippen LogP contribution in [0, 0.1) is 5.21 Å². The van der Waals surface area contributed by atoms with Crippen LogP contribution in [0.3, 0.4) is 0 Å². The summed E-state index contributed by atoms with van der Waals surface area (Å²) in [6, 6.07) is 6.49. The number of fused-ring (bicyclic) bond motifs is 2. The number of nitrogens with zero attached hydrogens (tertiary/aromatic N) is 3. The second-order valence-electron chi connectivity index (χ2n) is 4.42. The predicted molar refractivity (Wildman–Crippen MR) is 69.8 cm³/mol. The summed E-state index contributed by atoms with van der Waals surface area (Å²) in [5.74, 6) is -0.401. The zero-order valence-electron chi connectivity index (χ0n) is 10.4. The van der Waals surface area contributed by atoms with Crippen LogP contribution in [0.4, 0.5) is 0 Å². The first-order valence-corrected chi connectivity index (χ1v) is 6.63. The van der Waals surface area contributed by atoms with Gasteiger partial charge in [-0.3, -0.25) is 9.59 Å². The number of hydrogen-bond donors (Lipinski definition) is 0. The minimum Gasteiger partial charge on any atom is -0.571 e. The van der Waals surface area contributed by atoms with Crippen molar-refractivity contribution in [3.05, 3.63) is 52.0 Å². The summed E-state index contributed by atoms with van der Waals surface area (Å²) < 4.78 is 1.16. The van der Waals surface area contributed by atoms with Crippen molar-refractivity contribution in [3.8, 4) is 0 Å². The first-order valence-electron chi connectivity index (χ1n) is 6.10. The molecular formula is C13H10ClN3O3. The van der Waals surface area contributed by atoms with Gasteiger partial charge in [-0.15, -0.1) is 16.3 Å². The highest BCUT2D eigenvalue weighted by Crippen LogP contribution is 2.25. The second kappa shape index (κ2) is 4.72. The molecule has 0 atom stereocenters. The summed E-state index contributed by atoms with van der Waals surface area (Å²) in [4.78, 5) is 25.0. The van der Waals surface area contributed by atoms with Gasteiger partial charge < -0.3 is 5.21 Å². The average Bonchev–Trinajstić information content (AvgIpc) is 2.80. The molecular weight excluding hydrogens is 282 g/mol. The predicted octanol–water partition coefficient (Wildman–Crippen LogP) is 0.921. The van der Waals surface area contributed by atoms with E-state index in [-0.39, 0.29) is 29.3 Å². The van der Waals surface area contributed by atoms with Gasteiger partial charge in [0.05, 0.1) is 6.54 Å². The highest BCUT2D eigenvalue weighted by molar-refractivity contribution is 6.26. The molecule has 7 heteroatoms. The number of alkyl halides is 1. The third-order valence-electron chi connectivity index (χ3n) is 3.22. The van der Waals surface area contributed by atoms with E-state index in [1.165, 1.54) is 0 Å². The Morgan fingerprint density at radius 3 is 2.50 bits per heavy atom. The van der Waals surface area contributed by atoms with Crippen molar-refractivity contribution in [1.82, 2.24) is 9.78 Å². The van der Waals surface area contributed by atoms with Crippen LogP contribution in [0.1, 0.15) is 38.5 Å². The molecule has 0 aliphatic heterocycles. The molecule has 20 heavy (non-hydrogen) atoms. The van der Waals surface area contributed by atoms with Gasteiger partial charge in [0.25, 0.3) is 0 Å². The van der Waals surface area contributed by atoms with Crippen molar-refractivity contribution in [3.63, 3.8) is 0 Å². The van der Waals surface area contributed by atoms with Crippen molar-refractivity contribution in [2.24, 2.45) is 0 Å². The Labute approximate surface area is 119 Å². The largest absolute Gasteiger partial charge is 0.571 e. The Hall–Kier alpha value is -2.21. The summed E-state index contributed by atoms with van der Waals surface area (Å²) in [6.07, 6.45) is 0.510. The van der Waals surface area contributed by atoms with E-state index in [0.717, 1.165) is 4.68 Å². The maximum absolute atomic E-state index is 12.5. The first-order chi connectivity index (χ1) is 9.65. The van der Waals surface area contributed by atoms with Crippen LogP contribution >= 0.6 is 11.6 Å². The van der Waals surface area contributed by atoms with Gasteiger partial charge in [-0.05, 0) is 6.42 Å².